The molecule has 150 valence electrons. The lowest BCUT2D eigenvalue weighted by molar-refractivity contribution is -0.138. The van der Waals surface area contributed by atoms with Gasteiger partial charge in [0.05, 0.1) is 12.9 Å². The fraction of sp³-hybridized carbons (Fsp3) is 0.364. The van der Waals surface area contributed by atoms with E-state index in [-0.39, 0.29) is 17.6 Å². The van der Waals surface area contributed by atoms with E-state index < -0.39 is 6.04 Å². The van der Waals surface area contributed by atoms with Crippen molar-refractivity contribution in [1.82, 2.24) is 10.2 Å². The molecule has 0 fully saturated rings. The maximum absolute atomic E-state index is 13.0. The molecule has 0 spiro atoms. The van der Waals surface area contributed by atoms with Crippen molar-refractivity contribution in [2.45, 2.75) is 37.8 Å². The number of benzene rings is 2. The molecule has 0 unspecified atom stereocenters. The molecule has 0 saturated carbocycles. The van der Waals surface area contributed by atoms with Gasteiger partial charge in [-0.25, -0.2) is 0 Å². The van der Waals surface area contributed by atoms with Crippen LogP contribution in [0.15, 0.2) is 59.5 Å². The van der Waals surface area contributed by atoms with Gasteiger partial charge in [0.15, 0.2) is 0 Å². The number of nitrogens with one attached hydrogen (secondary N) is 1. The van der Waals surface area contributed by atoms with E-state index in [9.17, 15) is 9.59 Å². The largest absolute Gasteiger partial charge is 0.497 e. The maximum Gasteiger partial charge on any atom is 0.242 e. The lowest BCUT2D eigenvalue weighted by Crippen LogP contribution is -2.48. The summed E-state index contributed by atoms with van der Waals surface area (Å²) in [6.07, 6.45) is 0.853. The topological polar surface area (TPSA) is 58.6 Å². The van der Waals surface area contributed by atoms with Gasteiger partial charge in [0, 0.05) is 18.0 Å². The van der Waals surface area contributed by atoms with Gasteiger partial charge in [0.2, 0.25) is 11.8 Å². The molecule has 1 N–H and O–H groups in total. The lowest BCUT2D eigenvalue weighted by Gasteiger charge is -2.29. The zero-order valence-electron chi connectivity index (χ0n) is 16.7. The van der Waals surface area contributed by atoms with Crippen LogP contribution >= 0.6 is 11.8 Å². The molecule has 2 rings (SSSR count). The van der Waals surface area contributed by atoms with Crippen molar-refractivity contribution in [3.63, 3.8) is 0 Å². The highest BCUT2D eigenvalue weighted by Gasteiger charge is 2.26. The molecule has 0 aromatic heterocycles. The van der Waals surface area contributed by atoms with Crippen LogP contribution in [0.1, 0.15) is 25.8 Å². The summed E-state index contributed by atoms with van der Waals surface area (Å²) in [5.41, 5.74) is 0.924. The van der Waals surface area contributed by atoms with Crippen LogP contribution < -0.4 is 10.1 Å². The Labute approximate surface area is 171 Å². The van der Waals surface area contributed by atoms with Gasteiger partial charge >= 0.3 is 0 Å². The Bertz CT molecular complexity index is 767. The number of hydrogen-bond donors (Lipinski definition) is 1. The van der Waals surface area contributed by atoms with Crippen LogP contribution in [-0.2, 0) is 16.1 Å². The van der Waals surface area contributed by atoms with Crippen LogP contribution in [0.4, 0.5) is 0 Å². The Kier molecular flexibility index (Phi) is 8.88. The molecule has 2 amide bonds. The predicted octanol–water partition coefficient (Wildman–Crippen LogP) is 3.73. The smallest absolute Gasteiger partial charge is 0.242 e. The number of methoxy groups -OCH3 is 1. The van der Waals surface area contributed by atoms with Gasteiger partial charge < -0.3 is 15.0 Å². The number of nitrogens with zero attached hydrogens (tertiary/aromatic N) is 1. The van der Waals surface area contributed by atoms with Crippen LogP contribution in [0.5, 0.6) is 5.75 Å². The van der Waals surface area contributed by atoms with Gasteiger partial charge in [0.25, 0.3) is 0 Å². The Hall–Kier alpha value is -2.47. The fourth-order valence-electron chi connectivity index (χ4n) is 2.69. The molecule has 6 heteroatoms. The first-order chi connectivity index (χ1) is 13.5. The molecule has 2 aromatic carbocycles. The Morgan fingerprint density at radius 3 is 2.57 bits per heavy atom. The van der Waals surface area contributed by atoms with Crippen molar-refractivity contribution in [3.8, 4) is 5.75 Å². The second-order valence-corrected chi connectivity index (χ2v) is 7.49. The van der Waals surface area contributed by atoms with Gasteiger partial charge in [-0.1, -0.05) is 37.3 Å². The average molecular weight is 401 g/mol. The van der Waals surface area contributed by atoms with Crippen LogP contribution in [0, 0.1) is 0 Å². The summed E-state index contributed by atoms with van der Waals surface area (Å²) >= 11 is 1.47. The number of thioether (sulfide) groups is 1. The van der Waals surface area contributed by atoms with Gasteiger partial charge in [0.1, 0.15) is 11.8 Å². The van der Waals surface area contributed by atoms with Gasteiger partial charge in [-0.2, -0.15) is 0 Å². The number of carbonyl (C=O) groups excluding carboxylic acids is 2. The van der Waals surface area contributed by atoms with Crippen LogP contribution in [0.2, 0.25) is 0 Å². The van der Waals surface area contributed by atoms with E-state index in [1.807, 2.05) is 61.5 Å². The second kappa shape index (κ2) is 11.4. The quantitative estimate of drug-likeness (QED) is 0.618. The van der Waals surface area contributed by atoms with E-state index in [1.165, 1.54) is 11.8 Å². The predicted molar refractivity (Wildman–Crippen MR) is 113 cm³/mol. The number of rotatable bonds is 10. The summed E-state index contributed by atoms with van der Waals surface area (Å²) in [6, 6.07) is 16.8. The van der Waals surface area contributed by atoms with E-state index in [2.05, 4.69) is 5.32 Å². The number of carbonyl (C=O) groups is 2. The summed E-state index contributed by atoms with van der Waals surface area (Å²) in [6.45, 7) is 4.73. The molecule has 0 aliphatic heterocycles. The van der Waals surface area contributed by atoms with Crippen molar-refractivity contribution in [2.75, 3.05) is 19.4 Å². The molecule has 1 atom stereocenters. The van der Waals surface area contributed by atoms with Gasteiger partial charge in [-0.3, -0.25) is 9.59 Å². The minimum atomic E-state index is -0.554. The zero-order chi connectivity index (χ0) is 20.4. The highest BCUT2D eigenvalue weighted by Crippen LogP contribution is 2.20. The summed E-state index contributed by atoms with van der Waals surface area (Å²) in [5, 5.41) is 2.89. The maximum atomic E-state index is 13.0. The van der Waals surface area contributed by atoms with Crippen molar-refractivity contribution in [3.05, 3.63) is 60.2 Å². The molecule has 2 aromatic rings. The molecule has 0 bridgehead atoms. The highest BCUT2D eigenvalue weighted by atomic mass is 32.2. The van der Waals surface area contributed by atoms with Crippen molar-refractivity contribution in [2.24, 2.45) is 0 Å². The molecule has 0 aliphatic carbocycles. The molecular formula is C22H28N2O3S. The first-order valence-corrected chi connectivity index (χ1v) is 10.4. The molecule has 5 nitrogen and oxygen atoms in total. The van der Waals surface area contributed by atoms with Crippen molar-refractivity contribution >= 4 is 23.6 Å². The van der Waals surface area contributed by atoms with Gasteiger partial charge in [-0.05, 0) is 43.2 Å². The van der Waals surface area contributed by atoms with E-state index in [0.717, 1.165) is 22.6 Å². The normalized spacial score (nSPS) is 11.5. The molecule has 0 saturated heterocycles. The molecule has 28 heavy (non-hydrogen) atoms. The Morgan fingerprint density at radius 1 is 1.14 bits per heavy atom. The van der Waals surface area contributed by atoms with E-state index >= 15 is 0 Å². The molecule has 0 heterocycles. The van der Waals surface area contributed by atoms with Crippen LogP contribution in [0.25, 0.3) is 0 Å². The van der Waals surface area contributed by atoms with E-state index in [1.54, 1.807) is 18.9 Å². The minimum absolute atomic E-state index is 0.0733. The first kappa shape index (κ1) is 21.8. The third-order valence-corrected chi connectivity index (χ3v) is 5.31. The second-order valence-electron chi connectivity index (χ2n) is 6.44. The summed E-state index contributed by atoms with van der Waals surface area (Å²) in [7, 11) is 1.61. The number of hydrogen-bond acceptors (Lipinski definition) is 4. The summed E-state index contributed by atoms with van der Waals surface area (Å²) in [5.74, 6) is 0.796. The standard InChI is InChI=1S/C22H28N2O3S/c1-4-13-23-22(26)17(2)24(15-18-9-8-10-19(14-18)27-3)21(25)16-28-20-11-6-5-7-12-20/h5-12,14,17H,4,13,15-16H2,1-3H3,(H,23,26)/t17-/m0/s1. The third-order valence-electron chi connectivity index (χ3n) is 4.31. The summed E-state index contributed by atoms with van der Waals surface area (Å²) in [4.78, 5) is 28.2. The zero-order valence-corrected chi connectivity index (χ0v) is 17.5. The van der Waals surface area contributed by atoms with E-state index in [0.29, 0.717) is 13.1 Å². The highest BCUT2D eigenvalue weighted by molar-refractivity contribution is 8.00. The monoisotopic (exact) mass is 400 g/mol. The molecule has 0 aliphatic rings. The Balaban J connectivity index is 2.13. The van der Waals surface area contributed by atoms with Crippen molar-refractivity contribution in [1.29, 1.82) is 0 Å². The summed E-state index contributed by atoms with van der Waals surface area (Å²) < 4.78 is 5.28. The number of ether oxygens (including phenoxy) is 1. The first-order valence-electron chi connectivity index (χ1n) is 9.43. The van der Waals surface area contributed by atoms with Crippen LogP contribution in [0.3, 0.4) is 0 Å². The average Bonchev–Trinajstić information content (AvgIpc) is 2.74. The Morgan fingerprint density at radius 2 is 1.89 bits per heavy atom. The molecular weight excluding hydrogens is 372 g/mol. The lowest BCUT2D eigenvalue weighted by atomic mass is 10.1. The fourth-order valence-corrected chi connectivity index (χ4v) is 3.50. The molecule has 0 radical (unpaired) electrons. The van der Waals surface area contributed by atoms with Gasteiger partial charge in [-0.15, -0.1) is 11.8 Å². The van der Waals surface area contributed by atoms with E-state index in [4.69, 9.17) is 4.74 Å². The van der Waals surface area contributed by atoms with Crippen molar-refractivity contribution < 1.29 is 14.3 Å². The number of amides is 2. The van der Waals surface area contributed by atoms with Crippen LogP contribution in [-0.4, -0.2) is 42.2 Å². The third kappa shape index (κ3) is 6.60. The SMILES string of the molecule is CCCNC(=O)[C@H](C)N(Cc1cccc(OC)c1)C(=O)CSc1ccccc1. The minimum Gasteiger partial charge on any atom is -0.497 e.